The number of carbonyl (C=O) groups excluding carboxylic acids is 4. The zero-order valence-electron chi connectivity index (χ0n) is 14.3. The lowest BCUT2D eigenvalue weighted by molar-refractivity contribution is -0.148. The van der Waals surface area contributed by atoms with Crippen molar-refractivity contribution >= 4 is 23.7 Å². The van der Waals surface area contributed by atoms with Gasteiger partial charge in [-0.05, 0) is 19.3 Å². The molecule has 0 aliphatic heterocycles. The van der Waals surface area contributed by atoms with Crippen molar-refractivity contribution in [1.82, 2.24) is 10.6 Å². The summed E-state index contributed by atoms with van der Waals surface area (Å²) in [7, 11) is 0. The number of rotatable bonds is 9. The van der Waals surface area contributed by atoms with Crippen LogP contribution in [0.15, 0.2) is 0 Å². The molecule has 0 fully saturated rings. The fraction of sp³-hybridized carbons (Fsp3) is 0.733. The third kappa shape index (κ3) is 7.62. The smallest absolute Gasteiger partial charge is 0.308 e. The lowest BCUT2D eigenvalue weighted by Crippen LogP contribution is -2.55. The molecule has 0 heterocycles. The maximum absolute atomic E-state index is 12.3. The fourth-order valence-electron chi connectivity index (χ4n) is 2.00. The van der Waals surface area contributed by atoms with Crippen LogP contribution in [0, 0.1) is 11.8 Å². The summed E-state index contributed by atoms with van der Waals surface area (Å²) in [6, 6.07) is -1.80. The van der Waals surface area contributed by atoms with E-state index in [-0.39, 0.29) is 24.9 Å². The molecule has 0 unspecified atom stereocenters. The average molecular weight is 329 g/mol. The second-order valence-electron chi connectivity index (χ2n) is 5.77. The Bertz CT molecular complexity index is 450. The Labute approximate surface area is 136 Å². The number of primary amides is 1. The first-order valence-corrected chi connectivity index (χ1v) is 7.63. The summed E-state index contributed by atoms with van der Waals surface area (Å²) in [5, 5.41) is 5.02. The molecule has 0 aliphatic rings. The second-order valence-corrected chi connectivity index (χ2v) is 5.77. The van der Waals surface area contributed by atoms with Crippen molar-refractivity contribution in [2.75, 3.05) is 6.61 Å². The van der Waals surface area contributed by atoms with Crippen LogP contribution in [0.25, 0.3) is 0 Å². The number of nitrogens with two attached hydrogens (primary N) is 1. The molecular weight excluding hydrogens is 302 g/mol. The van der Waals surface area contributed by atoms with Gasteiger partial charge in [0.15, 0.2) is 0 Å². The maximum atomic E-state index is 12.3. The van der Waals surface area contributed by atoms with Gasteiger partial charge in [0.05, 0.1) is 12.5 Å². The molecule has 0 radical (unpaired) electrons. The molecule has 0 rings (SSSR count). The van der Waals surface area contributed by atoms with Crippen LogP contribution in [0.3, 0.4) is 0 Å². The molecule has 0 saturated heterocycles. The van der Waals surface area contributed by atoms with Gasteiger partial charge in [0.1, 0.15) is 12.1 Å². The Morgan fingerprint density at radius 2 is 1.65 bits per heavy atom. The number of ether oxygens (including phenoxy) is 1. The highest BCUT2D eigenvalue weighted by molar-refractivity contribution is 5.91. The Morgan fingerprint density at radius 3 is 2.04 bits per heavy atom. The highest BCUT2D eigenvalue weighted by Gasteiger charge is 2.29. The predicted molar refractivity (Wildman–Crippen MR) is 84.0 cm³/mol. The fourth-order valence-corrected chi connectivity index (χ4v) is 2.00. The van der Waals surface area contributed by atoms with E-state index in [1.807, 2.05) is 0 Å². The van der Waals surface area contributed by atoms with Gasteiger partial charge in [-0.3, -0.25) is 19.2 Å². The Kier molecular flexibility index (Phi) is 8.90. The lowest BCUT2D eigenvalue weighted by atomic mass is 9.99. The molecule has 0 bridgehead atoms. The summed E-state index contributed by atoms with van der Waals surface area (Å²) < 4.78 is 4.87. The van der Waals surface area contributed by atoms with Crippen LogP contribution in [-0.2, 0) is 23.9 Å². The van der Waals surface area contributed by atoms with E-state index in [0.717, 1.165) is 0 Å². The van der Waals surface area contributed by atoms with Gasteiger partial charge >= 0.3 is 5.97 Å². The molecule has 0 saturated carbocycles. The molecule has 0 aliphatic carbocycles. The standard InChI is InChI=1S/C15H27N3O5/c1-6-23-15(22)9(4)7-11(13(16)20)18-14(21)12(8(2)3)17-10(5)19/h8-9,11-12H,6-7H2,1-5H3,(H2,16,20)(H,17,19)(H,18,21)/t9-,11+,12-/m1/s1. The summed E-state index contributed by atoms with van der Waals surface area (Å²) >= 11 is 0. The molecule has 4 N–H and O–H groups in total. The van der Waals surface area contributed by atoms with Crippen molar-refractivity contribution < 1.29 is 23.9 Å². The molecule has 0 aromatic rings. The SMILES string of the molecule is CCOC(=O)[C@H](C)C[C@H](NC(=O)[C@H](NC(C)=O)C(C)C)C(N)=O. The Hall–Kier alpha value is -2.12. The van der Waals surface area contributed by atoms with Gasteiger partial charge in [-0.1, -0.05) is 20.8 Å². The first-order chi connectivity index (χ1) is 10.6. The van der Waals surface area contributed by atoms with Crippen molar-refractivity contribution in [2.24, 2.45) is 17.6 Å². The molecule has 8 nitrogen and oxygen atoms in total. The van der Waals surface area contributed by atoms with E-state index in [0.29, 0.717) is 0 Å². The van der Waals surface area contributed by atoms with E-state index in [1.54, 1.807) is 27.7 Å². The van der Waals surface area contributed by atoms with Crippen LogP contribution >= 0.6 is 0 Å². The molecule has 132 valence electrons. The average Bonchev–Trinajstić information content (AvgIpc) is 2.43. The van der Waals surface area contributed by atoms with Gasteiger partial charge < -0.3 is 21.1 Å². The van der Waals surface area contributed by atoms with Crippen molar-refractivity contribution in [3.63, 3.8) is 0 Å². The van der Waals surface area contributed by atoms with Crippen molar-refractivity contribution in [3.05, 3.63) is 0 Å². The molecule has 0 spiro atoms. The minimum atomic E-state index is -1.02. The molecule has 3 atom stereocenters. The Balaban J connectivity index is 4.91. The highest BCUT2D eigenvalue weighted by Crippen LogP contribution is 2.10. The zero-order valence-corrected chi connectivity index (χ0v) is 14.3. The van der Waals surface area contributed by atoms with Gasteiger partial charge in [-0.15, -0.1) is 0 Å². The predicted octanol–water partition coefficient (Wildman–Crippen LogP) is -0.293. The van der Waals surface area contributed by atoms with Crippen molar-refractivity contribution in [3.8, 4) is 0 Å². The van der Waals surface area contributed by atoms with E-state index in [2.05, 4.69) is 10.6 Å². The highest BCUT2D eigenvalue weighted by atomic mass is 16.5. The number of nitrogens with one attached hydrogen (secondary N) is 2. The van der Waals surface area contributed by atoms with E-state index in [4.69, 9.17) is 10.5 Å². The number of hydrogen-bond acceptors (Lipinski definition) is 5. The normalized spacial score (nSPS) is 14.5. The topological polar surface area (TPSA) is 128 Å². The van der Waals surface area contributed by atoms with Crippen LogP contribution in [0.1, 0.15) is 41.0 Å². The maximum Gasteiger partial charge on any atom is 0.308 e. The molecule has 23 heavy (non-hydrogen) atoms. The van der Waals surface area contributed by atoms with E-state index in [1.165, 1.54) is 6.92 Å². The minimum Gasteiger partial charge on any atom is -0.466 e. The quantitative estimate of drug-likeness (QED) is 0.501. The first-order valence-electron chi connectivity index (χ1n) is 7.63. The Morgan fingerprint density at radius 1 is 1.09 bits per heavy atom. The molecule has 8 heteroatoms. The summed E-state index contributed by atoms with van der Waals surface area (Å²) in [6.45, 7) is 8.33. The molecule has 0 aromatic heterocycles. The summed E-state index contributed by atoms with van der Waals surface area (Å²) in [4.78, 5) is 46.6. The van der Waals surface area contributed by atoms with E-state index >= 15 is 0 Å². The monoisotopic (exact) mass is 329 g/mol. The van der Waals surface area contributed by atoms with E-state index in [9.17, 15) is 19.2 Å². The zero-order chi connectivity index (χ0) is 18.2. The first kappa shape index (κ1) is 20.9. The number of esters is 1. The molecule has 0 aromatic carbocycles. The molecular formula is C15H27N3O5. The van der Waals surface area contributed by atoms with Crippen LogP contribution in [-0.4, -0.2) is 42.4 Å². The van der Waals surface area contributed by atoms with Crippen LogP contribution in [0.2, 0.25) is 0 Å². The van der Waals surface area contributed by atoms with Gasteiger partial charge in [0.25, 0.3) is 0 Å². The minimum absolute atomic E-state index is 0.0325. The number of hydrogen-bond donors (Lipinski definition) is 3. The van der Waals surface area contributed by atoms with Gasteiger partial charge in [-0.2, -0.15) is 0 Å². The second kappa shape index (κ2) is 9.81. The van der Waals surface area contributed by atoms with Crippen molar-refractivity contribution in [1.29, 1.82) is 0 Å². The number of carbonyl (C=O) groups is 4. The third-order valence-electron chi connectivity index (χ3n) is 3.25. The molecule has 3 amide bonds. The lowest BCUT2D eigenvalue weighted by Gasteiger charge is -2.24. The van der Waals surface area contributed by atoms with Crippen molar-refractivity contribution in [2.45, 2.75) is 53.1 Å². The van der Waals surface area contributed by atoms with Crippen LogP contribution < -0.4 is 16.4 Å². The number of amides is 3. The van der Waals surface area contributed by atoms with Crippen LogP contribution in [0.5, 0.6) is 0 Å². The summed E-state index contributed by atoms with van der Waals surface area (Å²) in [5.41, 5.74) is 5.29. The van der Waals surface area contributed by atoms with Gasteiger partial charge in [0, 0.05) is 6.92 Å². The third-order valence-corrected chi connectivity index (χ3v) is 3.25. The van der Waals surface area contributed by atoms with Crippen LogP contribution in [0.4, 0.5) is 0 Å². The summed E-state index contributed by atoms with van der Waals surface area (Å²) in [6.07, 6.45) is 0.0325. The summed E-state index contributed by atoms with van der Waals surface area (Å²) in [5.74, 6) is -2.85. The largest absolute Gasteiger partial charge is 0.466 e. The van der Waals surface area contributed by atoms with E-state index < -0.39 is 35.8 Å². The van der Waals surface area contributed by atoms with Gasteiger partial charge in [0.2, 0.25) is 17.7 Å². The van der Waals surface area contributed by atoms with Gasteiger partial charge in [-0.25, -0.2) is 0 Å².